The van der Waals surface area contributed by atoms with Crippen molar-refractivity contribution in [1.29, 1.82) is 0 Å². The van der Waals surface area contributed by atoms with E-state index in [4.69, 9.17) is 19.3 Å². The zero-order chi connectivity index (χ0) is 36.7. The molecule has 3 aromatic carbocycles. The summed E-state index contributed by atoms with van der Waals surface area (Å²) in [6, 6.07) is 14.0. The minimum atomic E-state index is -1.55. The van der Waals surface area contributed by atoms with Crippen molar-refractivity contribution in [2.24, 2.45) is 5.92 Å². The molecule has 2 aliphatic rings. The molecule has 0 spiro atoms. The van der Waals surface area contributed by atoms with Crippen LogP contribution in [0.2, 0.25) is 0 Å². The van der Waals surface area contributed by atoms with Gasteiger partial charge >= 0.3 is 6.01 Å². The second-order valence-electron chi connectivity index (χ2n) is 13.5. The lowest BCUT2D eigenvalue weighted by molar-refractivity contribution is 0.0935. The van der Waals surface area contributed by atoms with Gasteiger partial charge in [-0.15, -0.1) is 0 Å². The molecule has 278 valence electrons. The van der Waals surface area contributed by atoms with E-state index in [2.05, 4.69) is 25.5 Å². The Hall–Kier alpha value is -5.21. The van der Waals surface area contributed by atoms with E-state index in [1.165, 1.54) is 7.11 Å². The third-order valence-corrected chi connectivity index (χ3v) is 9.98. The van der Waals surface area contributed by atoms with Crippen LogP contribution in [0.4, 0.5) is 13.2 Å². The highest BCUT2D eigenvalue weighted by Crippen LogP contribution is 2.34. The number of amides is 1. The van der Waals surface area contributed by atoms with Gasteiger partial charge < -0.3 is 24.8 Å². The highest BCUT2D eigenvalue weighted by Gasteiger charge is 2.27. The summed E-state index contributed by atoms with van der Waals surface area (Å²) >= 11 is 0. The number of methoxy groups -OCH3 is 1. The fourth-order valence-electron chi connectivity index (χ4n) is 6.84. The van der Waals surface area contributed by atoms with Crippen LogP contribution in [0.5, 0.6) is 17.5 Å². The second kappa shape index (κ2) is 16.6. The predicted octanol–water partition coefficient (Wildman–Crippen LogP) is 5.94. The maximum atomic E-state index is 14.9. The van der Waals surface area contributed by atoms with Gasteiger partial charge in [-0.05, 0) is 67.0 Å². The summed E-state index contributed by atoms with van der Waals surface area (Å²) in [5, 5.41) is 11.9. The summed E-state index contributed by atoms with van der Waals surface area (Å²) in [6.45, 7) is 5.48. The van der Waals surface area contributed by atoms with Gasteiger partial charge in [-0.25, -0.2) is 18.7 Å². The van der Waals surface area contributed by atoms with E-state index in [0.29, 0.717) is 30.0 Å². The van der Waals surface area contributed by atoms with Crippen LogP contribution in [0.25, 0.3) is 22.0 Å². The third kappa shape index (κ3) is 8.71. The van der Waals surface area contributed by atoms with Crippen LogP contribution in [0, 0.1) is 23.4 Å². The van der Waals surface area contributed by atoms with E-state index in [1.807, 2.05) is 29.1 Å². The quantitative estimate of drug-likeness (QED) is 0.142. The summed E-state index contributed by atoms with van der Waals surface area (Å²) in [4.78, 5) is 24.0. The summed E-state index contributed by atoms with van der Waals surface area (Å²) in [5.74, 6) is -5.17. The summed E-state index contributed by atoms with van der Waals surface area (Å²) in [6.07, 6.45) is 8.86. The van der Waals surface area contributed by atoms with Gasteiger partial charge in [0.1, 0.15) is 19.0 Å². The second-order valence-corrected chi connectivity index (χ2v) is 13.5. The van der Waals surface area contributed by atoms with Crippen LogP contribution in [-0.4, -0.2) is 83.5 Å². The van der Waals surface area contributed by atoms with Crippen molar-refractivity contribution >= 4 is 16.8 Å². The van der Waals surface area contributed by atoms with Crippen LogP contribution in [0.15, 0.2) is 67.1 Å². The molecule has 2 N–H and O–H groups in total. The maximum absolute atomic E-state index is 14.9. The molecular weight excluding hydrogens is 687 g/mol. The number of hydrogen-bond acceptors (Lipinski definition) is 9. The van der Waals surface area contributed by atoms with Crippen LogP contribution in [-0.2, 0) is 6.61 Å². The van der Waals surface area contributed by atoms with Gasteiger partial charge in [0.2, 0.25) is 5.82 Å². The lowest BCUT2D eigenvalue weighted by atomic mass is 9.86. The number of hydrogen-bond donors (Lipinski definition) is 2. The minimum Gasteiger partial charge on any atom is -0.497 e. The number of benzene rings is 3. The fourth-order valence-corrected chi connectivity index (χ4v) is 6.84. The molecule has 0 atom stereocenters. The largest absolute Gasteiger partial charge is 0.497 e. The van der Waals surface area contributed by atoms with Gasteiger partial charge in [0, 0.05) is 68.8 Å². The molecule has 2 fully saturated rings. The van der Waals surface area contributed by atoms with Crippen LogP contribution < -0.4 is 24.8 Å². The molecule has 2 aromatic heterocycles. The number of halogens is 3. The number of nitrogens with zero attached hydrogens (tertiary/aromatic N) is 5. The molecule has 11 nitrogen and oxygen atoms in total. The molecule has 0 unspecified atom stereocenters. The maximum Gasteiger partial charge on any atom is 0.316 e. The van der Waals surface area contributed by atoms with Crippen LogP contribution in [0.1, 0.15) is 47.6 Å². The van der Waals surface area contributed by atoms with E-state index < -0.39 is 34.7 Å². The molecule has 7 rings (SSSR count). The van der Waals surface area contributed by atoms with Crippen molar-refractivity contribution in [2.75, 3.05) is 53.0 Å². The first kappa shape index (κ1) is 36.2. The Balaban J connectivity index is 0.889. The van der Waals surface area contributed by atoms with Crippen LogP contribution >= 0.6 is 0 Å². The topological polar surface area (TPSA) is 116 Å². The number of ether oxygens (including phenoxy) is 3. The molecule has 5 aromatic rings. The van der Waals surface area contributed by atoms with Crippen molar-refractivity contribution in [3.05, 3.63) is 95.7 Å². The van der Waals surface area contributed by atoms with E-state index in [1.54, 1.807) is 36.7 Å². The average molecular weight is 730 g/mol. The van der Waals surface area contributed by atoms with Gasteiger partial charge in [-0.1, -0.05) is 24.3 Å². The van der Waals surface area contributed by atoms with E-state index in [9.17, 15) is 18.0 Å². The highest BCUT2D eigenvalue weighted by atomic mass is 19.2. The predicted molar refractivity (Wildman–Crippen MR) is 193 cm³/mol. The molecule has 1 saturated heterocycles. The van der Waals surface area contributed by atoms with Crippen molar-refractivity contribution in [3.8, 4) is 28.6 Å². The lowest BCUT2D eigenvalue weighted by Crippen LogP contribution is -2.44. The number of carbonyl (C=O) groups excluding carboxylic acids is 1. The van der Waals surface area contributed by atoms with Gasteiger partial charge in [-0.2, -0.15) is 9.49 Å². The first-order valence-electron chi connectivity index (χ1n) is 17.9. The molecule has 1 aliphatic carbocycles. The third-order valence-electron chi connectivity index (χ3n) is 9.98. The van der Waals surface area contributed by atoms with Crippen molar-refractivity contribution in [1.82, 2.24) is 35.3 Å². The Bertz CT molecular complexity index is 2010. The van der Waals surface area contributed by atoms with Gasteiger partial charge in [-0.3, -0.25) is 14.4 Å². The average Bonchev–Trinajstić information content (AvgIpc) is 3.63. The molecule has 0 radical (unpaired) electrons. The summed E-state index contributed by atoms with van der Waals surface area (Å²) < 4.78 is 62.7. The zero-order valence-electron chi connectivity index (χ0n) is 29.5. The lowest BCUT2D eigenvalue weighted by Gasteiger charge is -2.28. The summed E-state index contributed by atoms with van der Waals surface area (Å²) in [5.41, 5.74) is 2.60. The Labute approximate surface area is 305 Å². The van der Waals surface area contributed by atoms with Crippen molar-refractivity contribution in [2.45, 2.75) is 38.3 Å². The first-order chi connectivity index (χ1) is 25.8. The molecule has 1 aliphatic heterocycles. The molecule has 1 saturated carbocycles. The number of piperazine rings is 1. The summed E-state index contributed by atoms with van der Waals surface area (Å²) in [7, 11) is 1.52. The van der Waals surface area contributed by atoms with E-state index in [-0.39, 0.29) is 25.1 Å². The van der Waals surface area contributed by atoms with E-state index in [0.717, 1.165) is 80.4 Å². The zero-order valence-corrected chi connectivity index (χ0v) is 29.5. The molecule has 3 heterocycles. The number of carbonyl (C=O) groups is 1. The normalized spacial score (nSPS) is 17.8. The first-order valence-corrected chi connectivity index (χ1v) is 17.9. The van der Waals surface area contributed by atoms with Gasteiger partial charge in [0.25, 0.3) is 5.91 Å². The van der Waals surface area contributed by atoms with Gasteiger partial charge in [0.05, 0.1) is 24.2 Å². The number of aromatic nitrogens is 4. The Morgan fingerprint density at radius 2 is 1.68 bits per heavy atom. The molecule has 53 heavy (non-hydrogen) atoms. The molecule has 14 heteroatoms. The fraction of sp³-hybridized carbons (Fsp3) is 0.385. The molecule has 1 amide bonds. The van der Waals surface area contributed by atoms with E-state index >= 15 is 0 Å². The Morgan fingerprint density at radius 3 is 2.42 bits per heavy atom. The monoisotopic (exact) mass is 729 g/mol. The standard InChI is InChI=1S/C39H42F3N7O4/c1-51-31-10-4-26(5-11-31)24-53-37-33(40)19-32(35(41)36(37)42)38(50)44-20-25-2-8-30(9-3-25)49-23-28-7-6-27(18-34(28)47-49)29-21-45-39(46-22-29)52-17-16-48-14-12-43-13-15-48/h4-7,10-11,18-19,21-23,25,30,43H,2-3,8-9,12-17,20,24H2,1H3,(H,44,50). The smallest absolute Gasteiger partial charge is 0.316 e. The van der Waals surface area contributed by atoms with Crippen LogP contribution in [0.3, 0.4) is 0 Å². The van der Waals surface area contributed by atoms with Crippen molar-refractivity contribution in [3.63, 3.8) is 0 Å². The number of rotatable bonds is 13. The number of fused-ring (bicyclic) bond motifs is 1. The Morgan fingerprint density at radius 1 is 0.925 bits per heavy atom. The van der Waals surface area contributed by atoms with Crippen molar-refractivity contribution < 1.29 is 32.2 Å². The number of nitrogens with one attached hydrogen (secondary N) is 2. The minimum absolute atomic E-state index is 0.130. The molecule has 0 bridgehead atoms. The SMILES string of the molecule is COc1ccc(COc2c(F)cc(C(=O)NCC3CCC(n4cc5ccc(-c6cnc(OCCN7CCNCC7)nc6)cc5n4)CC3)c(F)c2F)cc1. The molecular formula is C39H42F3N7O4. The Kier molecular flexibility index (Phi) is 11.4. The van der Waals surface area contributed by atoms with Gasteiger partial charge in [0.15, 0.2) is 17.4 Å². The highest BCUT2D eigenvalue weighted by molar-refractivity contribution is 5.94.